The van der Waals surface area contributed by atoms with Gasteiger partial charge < -0.3 is 5.73 Å². The van der Waals surface area contributed by atoms with Crippen molar-refractivity contribution in [3.8, 4) is 12.3 Å². The molecule has 0 amide bonds. The van der Waals surface area contributed by atoms with Crippen LogP contribution in [0.2, 0.25) is 0 Å². The number of nitrogens with two attached hydrogens (primary N) is 1. The van der Waals surface area contributed by atoms with E-state index in [0.717, 1.165) is 12.0 Å². The van der Waals surface area contributed by atoms with Crippen LogP contribution in [0.4, 0.5) is 4.39 Å². The molecule has 0 saturated carbocycles. The van der Waals surface area contributed by atoms with Crippen molar-refractivity contribution in [3.05, 3.63) is 35.6 Å². The molecule has 0 radical (unpaired) electrons. The van der Waals surface area contributed by atoms with Gasteiger partial charge in [0, 0.05) is 17.9 Å². The normalized spacial score (nSPS) is 13.2. The second kappa shape index (κ2) is 5.14. The van der Waals surface area contributed by atoms with Crippen LogP contribution in [0.3, 0.4) is 0 Å². The van der Waals surface area contributed by atoms with Gasteiger partial charge in [-0.1, -0.05) is 26.0 Å². The molecule has 0 bridgehead atoms. The maximum atomic E-state index is 12.8. The molecule has 0 heterocycles. The minimum Gasteiger partial charge on any atom is -0.327 e. The quantitative estimate of drug-likeness (QED) is 0.774. The van der Waals surface area contributed by atoms with Gasteiger partial charge >= 0.3 is 0 Å². The number of halogens is 1. The molecule has 0 aliphatic rings. The van der Waals surface area contributed by atoms with Gasteiger partial charge in [0.05, 0.1) is 0 Å². The monoisotopic (exact) mass is 219 g/mol. The lowest BCUT2D eigenvalue weighted by atomic mass is 9.76. The molecule has 1 atom stereocenters. The molecule has 0 aliphatic carbocycles. The van der Waals surface area contributed by atoms with Crippen molar-refractivity contribution >= 4 is 0 Å². The van der Waals surface area contributed by atoms with E-state index in [-0.39, 0.29) is 17.3 Å². The van der Waals surface area contributed by atoms with Gasteiger partial charge in [0.15, 0.2) is 0 Å². The minimum absolute atomic E-state index is 0.0194. The smallest absolute Gasteiger partial charge is 0.123 e. The molecule has 1 unspecified atom stereocenters. The molecule has 16 heavy (non-hydrogen) atoms. The Morgan fingerprint density at radius 2 is 1.94 bits per heavy atom. The van der Waals surface area contributed by atoms with E-state index in [1.165, 1.54) is 12.1 Å². The van der Waals surface area contributed by atoms with Crippen molar-refractivity contribution in [1.82, 2.24) is 0 Å². The molecule has 0 spiro atoms. The fourth-order valence-corrected chi connectivity index (χ4v) is 1.69. The molecule has 0 aromatic heterocycles. The van der Waals surface area contributed by atoms with E-state index in [0.29, 0.717) is 6.42 Å². The summed E-state index contributed by atoms with van der Waals surface area (Å²) < 4.78 is 12.8. The average molecular weight is 219 g/mol. The van der Waals surface area contributed by atoms with E-state index >= 15 is 0 Å². The molecular weight excluding hydrogens is 201 g/mol. The standard InChI is InChI=1S/C14H18FN/c1-4-5-6-13(16)14(2,3)11-7-9-12(15)10-8-11/h1,7-10,13H,5-6,16H2,2-3H3. The highest BCUT2D eigenvalue weighted by atomic mass is 19.1. The lowest BCUT2D eigenvalue weighted by Crippen LogP contribution is -2.40. The van der Waals surface area contributed by atoms with Crippen molar-refractivity contribution in [2.45, 2.75) is 38.1 Å². The number of terminal acetylenes is 1. The Bertz CT molecular complexity index is 373. The lowest BCUT2D eigenvalue weighted by molar-refractivity contribution is 0.391. The zero-order chi connectivity index (χ0) is 12.2. The third kappa shape index (κ3) is 2.84. The Morgan fingerprint density at radius 3 is 2.44 bits per heavy atom. The van der Waals surface area contributed by atoms with Gasteiger partial charge in [-0.25, -0.2) is 4.39 Å². The number of hydrogen-bond donors (Lipinski definition) is 1. The molecule has 1 rings (SSSR count). The highest BCUT2D eigenvalue weighted by Gasteiger charge is 2.27. The van der Waals surface area contributed by atoms with Gasteiger partial charge in [0.1, 0.15) is 5.82 Å². The van der Waals surface area contributed by atoms with Crippen LogP contribution in [0.5, 0.6) is 0 Å². The topological polar surface area (TPSA) is 26.0 Å². The molecule has 2 N–H and O–H groups in total. The Hall–Kier alpha value is -1.33. The van der Waals surface area contributed by atoms with Crippen LogP contribution in [0.25, 0.3) is 0 Å². The summed E-state index contributed by atoms with van der Waals surface area (Å²) in [4.78, 5) is 0. The first-order valence-electron chi connectivity index (χ1n) is 5.43. The maximum absolute atomic E-state index is 12.8. The molecule has 0 aliphatic heterocycles. The van der Waals surface area contributed by atoms with Gasteiger partial charge in [-0.05, 0) is 24.1 Å². The van der Waals surface area contributed by atoms with Gasteiger partial charge in [0.2, 0.25) is 0 Å². The summed E-state index contributed by atoms with van der Waals surface area (Å²) in [7, 11) is 0. The van der Waals surface area contributed by atoms with Crippen LogP contribution in [0, 0.1) is 18.2 Å². The lowest BCUT2D eigenvalue weighted by Gasteiger charge is -2.32. The predicted octanol–water partition coefficient (Wildman–Crippen LogP) is 2.84. The molecule has 86 valence electrons. The molecule has 0 saturated heterocycles. The Labute approximate surface area is 96.9 Å². The summed E-state index contributed by atoms with van der Waals surface area (Å²) in [5, 5.41) is 0. The fourth-order valence-electron chi connectivity index (χ4n) is 1.69. The van der Waals surface area contributed by atoms with E-state index in [1.807, 2.05) is 0 Å². The largest absolute Gasteiger partial charge is 0.327 e. The molecule has 0 fully saturated rings. The molecular formula is C14H18FN. The van der Waals surface area contributed by atoms with Gasteiger partial charge in [-0.15, -0.1) is 12.3 Å². The van der Waals surface area contributed by atoms with Crippen molar-refractivity contribution in [3.63, 3.8) is 0 Å². The van der Waals surface area contributed by atoms with Gasteiger partial charge in [-0.2, -0.15) is 0 Å². The first-order valence-corrected chi connectivity index (χ1v) is 5.43. The third-order valence-electron chi connectivity index (χ3n) is 3.11. The Kier molecular flexibility index (Phi) is 4.09. The molecule has 1 aromatic rings. The second-order valence-electron chi connectivity index (χ2n) is 4.58. The molecule has 1 aromatic carbocycles. The van der Waals surface area contributed by atoms with E-state index in [9.17, 15) is 4.39 Å². The summed E-state index contributed by atoms with van der Waals surface area (Å²) >= 11 is 0. The Morgan fingerprint density at radius 1 is 1.38 bits per heavy atom. The highest BCUT2D eigenvalue weighted by Crippen LogP contribution is 2.28. The summed E-state index contributed by atoms with van der Waals surface area (Å²) in [6.07, 6.45) is 6.67. The highest BCUT2D eigenvalue weighted by molar-refractivity contribution is 5.26. The van der Waals surface area contributed by atoms with Crippen LogP contribution in [-0.2, 0) is 5.41 Å². The predicted molar refractivity (Wildman–Crippen MR) is 65.5 cm³/mol. The van der Waals surface area contributed by atoms with E-state index in [2.05, 4.69) is 19.8 Å². The summed E-state index contributed by atoms with van der Waals surface area (Å²) in [5.74, 6) is 2.37. The minimum atomic E-state index is -0.225. The molecule has 2 heteroatoms. The van der Waals surface area contributed by atoms with Crippen molar-refractivity contribution in [2.75, 3.05) is 0 Å². The van der Waals surface area contributed by atoms with Crippen molar-refractivity contribution < 1.29 is 4.39 Å². The van der Waals surface area contributed by atoms with Crippen LogP contribution in [-0.4, -0.2) is 6.04 Å². The van der Waals surface area contributed by atoms with Crippen LogP contribution < -0.4 is 5.73 Å². The Balaban J connectivity index is 2.84. The first kappa shape index (κ1) is 12.7. The number of benzene rings is 1. The third-order valence-corrected chi connectivity index (χ3v) is 3.11. The summed E-state index contributed by atoms with van der Waals surface area (Å²) in [6, 6.07) is 6.47. The summed E-state index contributed by atoms with van der Waals surface area (Å²) in [6.45, 7) is 4.11. The van der Waals surface area contributed by atoms with Crippen LogP contribution >= 0.6 is 0 Å². The number of hydrogen-bond acceptors (Lipinski definition) is 1. The van der Waals surface area contributed by atoms with E-state index in [1.54, 1.807) is 12.1 Å². The fraction of sp³-hybridized carbons (Fsp3) is 0.429. The molecule has 1 nitrogen and oxygen atoms in total. The van der Waals surface area contributed by atoms with Crippen molar-refractivity contribution in [2.24, 2.45) is 5.73 Å². The van der Waals surface area contributed by atoms with E-state index < -0.39 is 0 Å². The SMILES string of the molecule is C#CCCC(N)C(C)(C)c1ccc(F)cc1. The summed E-state index contributed by atoms with van der Waals surface area (Å²) in [5.41, 5.74) is 6.97. The van der Waals surface area contributed by atoms with Gasteiger partial charge in [-0.3, -0.25) is 0 Å². The van der Waals surface area contributed by atoms with Crippen LogP contribution in [0.15, 0.2) is 24.3 Å². The van der Waals surface area contributed by atoms with Crippen LogP contribution in [0.1, 0.15) is 32.3 Å². The van der Waals surface area contributed by atoms with Crippen molar-refractivity contribution in [1.29, 1.82) is 0 Å². The zero-order valence-electron chi connectivity index (χ0n) is 9.83. The maximum Gasteiger partial charge on any atom is 0.123 e. The van der Waals surface area contributed by atoms with Gasteiger partial charge in [0.25, 0.3) is 0 Å². The number of rotatable bonds is 4. The average Bonchev–Trinajstić information content (AvgIpc) is 2.26. The second-order valence-corrected chi connectivity index (χ2v) is 4.58. The van der Waals surface area contributed by atoms with E-state index in [4.69, 9.17) is 12.2 Å². The zero-order valence-corrected chi connectivity index (χ0v) is 9.83. The first-order chi connectivity index (χ1) is 7.48.